The Kier molecular flexibility index (Phi) is 5.58. The number of hydrogen-bond donors (Lipinski definition) is 1. The summed E-state index contributed by atoms with van der Waals surface area (Å²) < 4.78 is 5.37. The Hall–Kier alpha value is -0.550. The van der Waals surface area contributed by atoms with Crippen LogP contribution in [0.15, 0.2) is 4.52 Å². The van der Waals surface area contributed by atoms with Crippen molar-refractivity contribution in [1.29, 1.82) is 0 Å². The third kappa shape index (κ3) is 4.46. The van der Waals surface area contributed by atoms with Gasteiger partial charge in [-0.2, -0.15) is 16.7 Å². The Balaban J connectivity index is 1.46. The highest BCUT2D eigenvalue weighted by Gasteiger charge is 2.25. The topological polar surface area (TPSA) is 59.2 Å². The van der Waals surface area contributed by atoms with Crippen LogP contribution >= 0.6 is 11.8 Å². The lowest BCUT2D eigenvalue weighted by Crippen LogP contribution is -2.26. The smallest absolute Gasteiger partial charge is 0.227 e. The van der Waals surface area contributed by atoms with Crippen LogP contribution in [0.4, 0.5) is 0 Å². The molecule has 1 aromatic heterocycles. The van der Waals surface area contributed by atoms with Crippen LogP contribution in [-0.4, -0.2) is 26.6 Å². The van der Waals surface area contributed by atoms with E-state index in [1.807, 2.05) is 11.8 Å². The number of rotatable bonds is 5. The molecule has 4 nitrogen and oxygen atoms in total. The van der Waals surface area contributed by atoms with Crippen molar-refractivity contribution in [1.82, 2.24) is 10.1 Å². The summed E-state index contributed by atoms with van der Waals surface area (Å²) in [5.74, 6) is 2.70. The van der Waals surface area contributed by atoms with Crippen LogP contribution in [0, 0.1) is 5.92 Å². The van der Waals surface area contributed by atoms with Crippen molar-refractivity contribution >= 4 is 11.8 Å². The summed E-state index contributed by atoms with van der Waals surface area (Å²) >= 11 is 1.98. The van der Waals surface area contributed by atoms with Crippen LogP contribution in [-0.2, 0) is 12.2 Å². The maximum Gasteiger partial charge on any atom is 0.227 e. The predicted octanol–water partition coefficient (Wildman–Crippen LogP) is 3.73. The van der Waals surface area contributed by atoms with Crippen LogP contribution in [0.2, 0.25) is 0 Å². The maximum atomic E-state index is 10.0. The minimum absolute atomic E-state index is 0.189. The Bertz CT molecular complexity index is 432. The van der Waals surface area contributed by atoms with Crippen molar-refractivity contribution in [2.45, 2.75) is 81.3 Å². The van der Waals surface area contributed by atoms with E-state index in [2.05, 4.69) is 10.1 Å². The lowest BCUT2D eigenvalue weighted by Gasteiger charge is -2.26. The third-order valence-corrected chi connectivity index (χ3v) is 6.18. The molecule has 2 aliphatic carbocycles. The monoisotopic (exact) mass is 310 g/mol. The van der Waals surface area contributed by atoms with Gasteiger partial charge in [-0.15, -0.1) is 0 Å². The van der Waals surface area contributed by atoms with E-state index in [-0.39, 0.29) is 6.10 Å². The molecule has 1 aromatic rings. The lowest BCUT2D eigenvalue weighted by atomic mass is 9.84. The highest BCUT2D eigenvalue weighted by atomic mass is 32.2. The van der Waals surface area contributed by atoms with Crippen LogP contribution in [0.3, 0.4) is 0 Å². The average molecular weight is 310 g/mol. The zero-order valence-corrected chi connectivity index (χ0v) is 13.5. The number of hydrogen-bond acceptors (Lipinski definition) is 5. The second-order valence-corrected chi connectivity index (χ2v) is 7.78. The standard InChI is InChI=1S/C16H26N2O2S/c19-14-9-5-4-6-12(14)10-16-17-15(18-20-16)11-21-13-7-2-1-3-8-13/h12-14,19H,1-11H2. The Labute approximate surface area is 131 Å². The normalized spacial score (nSPS) is 27.9. The lowest BCUT2D eigenvalue weighted by molar-refractivity contribution is 0.0657. The number of aliphatic hydroxyl groups excluding tert-OH is 1. The van der Waals surface area contributed by atoms with Crippen LogP contribution in [0.25, 0.3) is 0 Å². The van der Waals surface area contributed by atoms with E-state index < -0.39 is 0 Å². The summed E-state index contributed by atoms with van der Waals surface area (Å²) in [5.41, 5.74) is 0. The summed E-state index contributed by atoms with van der Waals surface area (Å²) in [6, 6.07) is 0. The second kappa shape index (κ2) is 7.63. The van der Waals surface area contributed by atoms with E-state index in [1.165, 1.54) is 38.5 Å². The number of aromatic nitrogens is 2. The van der Waals surface area contributed by atoms with Gasteiger partial charge in [-0.3, -0.25) is 0 Å². The minimum atomic E-state index is -0.189. The van der Waals surface area contributed by atoms with E-state index in [9.17, 15) is 5.11 Å². The van der Waals surface area contributed by atoms with Gasteiger partial charge in [-0.05, 0) is 31.6 Å². The van der Waals surface area contributed by atoms with Gasteiger partial charge in [0, 0.05) is 11.7 Å². The largest absolute Gasteiger partial charge is 0.393 e. The molecule has 0 saturated heterocycles. The van der Waals surface area contributed by atoms with Crippen LogP contribution in [0.5, 0.6) is 0 Å². The van der Waals surface area contributed by atoms with E-state index in [0.717, 1.165) is 42.5 Å². The molecule has 21 heavy (non-hydrogen) atoms. The molecule has 1 heterocycles. The minimum Gasteiger partial charge on any atom is -0.393 e. The first-order valence-electron chi connectivity index (χ1n) is 8.42. The van der Waals surface area contributed by atoms with Gasteiger partial charge in [0.05, 0.1) is 11.9 Å². The van der Waals surface area contributed by atoms with Crippen LogP contribution < -0.4 is 0 Å². The quantitative estimate of drug-likeness (QED) is 0.898. The molecule has 2 saturated carbocycles. The summed E-state index contributed by atoms with van der Waals surface area (Å²) in [6.45, 7) is 0. The molecule has 0 bridgehead atoms. The molecule has 2 atom stereocenters. The Morgan fingerprint density at radius 1 is 1.05 bits per heavy atom. The molecular weight excluding hydrogens is 284 g/mol. The van der Waals surface area contributed by atoms with Gasteiger partial charge in [-0.25, -0.2) is 0 Å². The molecule has 0 amide bonds. The molecule has 0 spiro atoms. The first kappa shape index (κ1) is 15.3. The maximum absolute atomic E-state index is 10.0. The number of aliphatic hydroxyl groups is 1. The molecule has 2 fully saturated rings. The average Bonchev–Trinajstić information content (AvgIpc) is 2.96. The zero-order chi connectivity index (χ0) is 14.5. The predicted molar refractivity (Wildman–Crippen MR) is 84.1 cm³/mol. The van der Waals surface area contributed by atoms with Crippen molar-refractivity contribution in [3.05, 3.63) is 11.7 Å². The Morgan fingerprint density at radius 3 is 2.62 bits per heavy atom. The first-order valence-corrected chi connectivity index (χ1v) is 9.47. The van der Waals surface area contributed by atoms with Crippen molar-refractivity contribution < 1.29 is 9.63 Å². The molecule has 1 N–H and O–H groups in total. The van der Waals surface area contributed by atoms with Crippen molar-refractivity contribution in [3.63, 3.8) is 0 Å². The summed E-state index contributed by atoms with van der Waals surface area (Å²) in [5, 5.41) is 14.9. The summed E-state index contributed by atoms with van der Waals surface area (Å²) in [7, 11) is 0. The van der Waals surface area contributed by atoms with E-state index in [4.69, 9.17) is 4.52 Å². The molecule has 0 aliphatic heterocycles. The fourth-order valence-corrected chi connectivity index (χ4v) is 4.68. The van der Waals surface area contributed by atoms with Crippen LogP contribution in [0.1, 0.15) is 69.5 Å². The number of thioether (sulfide) groups is 1. The van der Waals surface area contributed by atoms with Crippen molar-refractivity contribution in [2.24, 2.45) is 5.92 Å². The fraction of sp³-hybridized carbons (Fsp3) is 0.875. The van der Waals surface area contributed by atoms with Gasteiger partial charge in [-0.1, -0.05) is 37.3 Å². The summed E-state index contributed by atoms with van der Waals surface area (Å²) in [4.78, 5) is 4.51. The molecule has 2 unspecified atom stereocenters. The van der Waals surface area contributed by atoms with E-state index in [1.54, 1.807) is 0 Å². The van der Waals surface area contributed by atoms with Gasteiger partial charge in [0.2, 0.25) is 5.89 Å². The molecule has 118 valence electrons. The SMILES string of the molecule is OC1CCCCC1Cc1nc(CSC2CCCCC2)no1. The molecule has 5 heteroatoms. The molecule has 3 rings (SSSR count). The fourth-order valence-electron chi connectivity index (χ4n) is 3.51. The Morgan fingerprint density at radius 2 is 1.81 bits per heavy atom. The van der Waals surface area contributed by atoms with Crippen molar-refractivity contribution in [3.8, 4) is 0 Å². The van der Waals surface area contributed by atoms with Gasteiger partial charge in [0.25, 0.3) is 0 Å². The van der Waals surface area contributed by atoms with Gasteiger partial charge in [0.1, 0.15) is 0 Å². The molecule has 2 aliphatic rings. The van der Waals surface area contributed by atoms with Crippen molar-refractivity contribution in [2.75, 3.05) is 0 Å². The first-order chi connectivity index (χ1) is 10.3. The number of nitrogens with zero attached hydrogens (tertiary/aromatic N) is 2. The highest BCUT2D eigenvalue weighted by Crippen LogP contribution is 2.30. The summed E-state index contributed by atoms with van der Waals surface area (Å²) in [6.07, 6.45) is 11.7. The second-order valence-electron chi connectivity index (χ2n) is 6.49. The van der Waals surface area contributed by atoms with Gasteiger partial charge < -0.3 is 9.63 Å². The van der Waals surface area contributed by atoms with E-state index >= 15 is 0 Å². The highest BCUT2D eigenvalue weighted by molar-refractivity contribution is 7.99. The zero-order valence-electron chi connectivity index (χ0n) is 12.7. The van der Waals surface area contributed by atoms with E-state index in [0.29, 0.717) is 11.8 Å². The molecule has 0 radical (unpaired) electrons. The molecular formula is C16H26N2O2S. The third-order valence-electron chi connectivity index (χ3n) is 4.82. The molecule has 0 aromatic carbocycles. The van der Waals surface area contributed by atoms with Gasteiger partial charge >= 0.3 is 0 Å². The van der Waals surface area contributed by atoms with Gasteiger partial charge in [0.15, 0.2) is 5.82 Å².